The summed E-state index contributed by atoms with van der Waals surface area (Å²) < 4.78 is 27.6. The van der Waals surface area contributed by atoms with Crippen molar-refractivity contribution in [2.75, 3.05) is 12.4 Å². The van der Waals surface area contributed by atoms with E-state index < -0.39 is 10.0 Å². The van der Waals surface area contributed by atoms with Gasteiger partial charge in [0.25, 0.3) is 10.0 Å². The van der Waals surface area contributed by atoms with Crippen LogP contribution in [0.15, 0.2) is 34.2 Å². The van der Waals surface area contributed by atoms with Gasteiger partial charge in [-0.3, -0.25) is 4.90 Å². The molecule has 6 nitrogen and oxygen atoms in total. The van der Waals surface area contributed by atoms with E-state index in [9.17, 15) is 8.42 Å². The number of anilines is 1. The molecule has 0 amide bonds. The largest absolute Gasteiger partial charge is 0.324 e. The number of rotatable bonds is 3. The molecule has 2 saturated carbocycles. The highest BCUT2D eigenvalue weighted by Gasteiger charge is 2.34. The predicted octanol–water partition coefficient (Wildman–Crippen LogP) is 2.93. The Morgan fingerprint density at radius 3 is 2.54 bits per heavy atom. The molecule has 2 N–H and O–H groups in total. The maximum Gasteiger partial charge on any atom is 0.266 e. The van der Waals surface area contributed by atoms with Gasteiger partial charge in [0.05, 0.1) is 11.7 Å². The van der Waals surface area contributed by atoms with E-state index in [1.54, 1.807) is 18.2 Å². The minimum Gasteiger partial charge on any atom is -0.324 e. The normalized spacial score (nSPS) is 30.0. The molecular weight excluding hydrogens is 348 g/mol. The van der Waals surface area contributed by atoms with Crippen LogP contribution in [0.4, 0.5) is 5.69 Å². The Kier molecular flexibility index (Phi) is 4.92. The van der Waals surface area contributed by atoms with Crippen LogP contribution < -0.4 is 10.0 Å². The second kappa shape index (κ2) is 7.19. The average Bonchev–Trinajstić information content (AvgIpc) is 3.16. The van der Waals surface area contributed by atoms with E-state index in [1.807, 2.05) is 6.07 Å². The Morgan fingerprint density at radius 2 is 1.73 bits per heavy atom. The first kappa shape index (κ1) is 17.8. The predicted molar refractivity (Wildman–Crippen MR) is 104 cm³/mol. The van der Waals surface area contributed by atoms with Crippen molar-refractivity contribution in [1.29, 1.82) is 0 Å². The van der Waals surface area contributed by atoms with Crippen molar-refractivity contribution in [2.45, 2.75) is 74.4 Å². The van der Waals surface area contributed by atoms with E-state index in [0.717, 1.165) is 19.3 Å². The molecule has 1 aromatic carbocycles. The van der Waals surface area contributed by atoms with Gasteiger partial charge in [0, 0.05) is 12.1 Å². The SMILES string of the molecule is CN(C1CCCC1)[C@@H]1CCCC[C@H]1N=C1Nc2ccccc2S(=O)(=O)N1. The molecule has 7 heteroatoms. The number of likely N-dealkylation sites (N-methyl/N-ethyl adjacent to an activating group) is 1. The van der Waals surface area contributed by atoms with Gasteiger partial charge in [-0.15, -0.1) is 0 Å². The van der Waals surface area contributed by atoms with Gasteiger partial charge >= 0.3 is 0 Å². The van der Waals surface area contributed by atoms with Crippen LogP contribution in [-0.2, 0) is 10.0 Å². The monoisotopic (exact) mass is 376 g/mol. The zero-order valence-electron chi connectivity index (χ0n) is 15.3. The van der Waals surface area contributed by atoms with Gasteiger partial charge in [-0.2, -0.15) is 0 Å². The molecule has 4 rings (SSSR count). The molecule has 0 bridgehead atoms. The fourth-order valence-electron chi connectivity index (χ4n) is 4.66. The topological polar surface area (TPSA) is 73.8 Å². The molecular formula is C19H28N4O2S. The molecule has 1 heterocycles. The van der Waals surface area contributed by atoms with Gasteiger partial charge < -0.3 is 5.32 Å². The van der Waals surface area contributed by atoms with Gasteiger partial charge in [0.2, 0.25) is 5.96 Å². The number of para-hydroxylation sites is 1. The number of nitrogens with zero attached hydrogens (tertiary/aromatic N) is 2. The Balaban J connectivity index is 1.58. The van der Waals surface area contributed by atoms with Crippen LogP contribution in [-0.4, -0.2) is 44.5 Å². The third kappa shape index (κ3) is 3.47. The summed E-state index contributed by atoms with van der Waals surface area (Å²) in [5, 5.41) is 3.17. The van der Waals surface area contributed by atoms with E-state index >= 15 is 0 Å². The van der Waals surface area contributed by atoms with Crippen LogP contribution >= 0.6 is 0 Å². The molecule has 142 valence electrons. The first-order valence-electron chi connectivity index (χ1n) is 9.73. The van der Waals surface area contributed by atoms with Crippen molar-refractivity contribution in [3.8, 4) is 0 Å². The Bertz CT molecular complexity index is 786. The summed E-state index contributed by atoms with van der Waals surface area (Å²) in [5.41, 5.74) is 0.599. The molecule has 0 spiro atoms. The molecule has 26 heavy (non-hydrogen) atoms. The first-order valence-corrected chi connectivity index (χ1v) is 11.2. The minimum absolute atomic E-state index is 0.129. The highest BCUT2D eigenvalue weighted by atomic mass is 32.2. The zero-order valence-corrected chi connectivity index (χ0v) is 16.1. The maximum absolute atomic E-state index is 12.5. The number of nitrogens with one attached hydrogen (secondary N) is 2. The second-order valence-corrected chi connectivity index (χ2v) is 9.38. The van der Waals surface area contributed by atoms with Crippen molar-refractivity contribution >= 4 is 21.7 Å². The van der Waals surface area contributed by atoms with Gasteiger partial charge in [-0.05, 0) is 44.9 Å². The number of benzene rings is 1. The third-order valence-corrected chi connectivity index (χ3v) is 7.47. The van der Waals surface area contributed by atoms with E-state index in [4.69, 9.17) is 4.99 Å². The Hall–Kier alpha value is -1.60. The summed E-state index contributed by atoms with van der Waals surface area (Å²) in [7, 11) is -1.32. The standard InChI is InChI=1S/C19H28N4O2S/c1-23(14-8-2-3-9-14)17-12-6-4-10-15(17)20-19-21-16-11-5-7-13-18(16)26(24,25)22-19/h5,7,11,13-15,17H,2-4,6,8-10,12H2,1H3,(H2,20,21,22)/t15-,17-/m1/s1. The number of sulfonamides is 1. The molecule has 1 aliphatic heterocycles. The quantitative estimate of drug-likeness (QED) is 0.851. The summed E-state index contributed by atoms with van der Waals surface area (Å²) in [6.45, 7) is 0. The minimum atomic E-state index is -3.55. The van der Waals surface area contributed by atoms with Crippen molar-refractivity contribution in [2.24, 2.45) is 4.99 Å². The van der Waals surface area contributed by atoms with Gasteiger partial charge in [-0.25, -0.2) is 18.1 Å². The zero-order chi connectivity index (χ0) is 18.1. The molecule has 0 radical (unpaired) electrons. The lowest BCUT2D eigenvalue weighted by atomic mass is 9.89. The highest BCUT2D eigenvalue weighted by Crippen LogP contribution is 2.32. The number of hydrogen-bond donors (Lipinski definition) is 2. The second-order valence-electron chi connectivity index (χ2n) is 7.73. The molecule has 2 aliphatic carbocycles. The lowest BCUT2D eigenvalue weighted by molar-refractivity contribution is 0.123. The van der Waals surface area contributed by atoms with E-state index in [-0.39, 0.29) is 10.9 Å². The molecule has 2 fully saturated rings. The van der Waals surface area contributed by atoms with Crippen LogP contribution in [0.2, 0.25) is 0 Å². The van der Waals surface area contributed by atoms with Gasteiger partial charge in [0.15, 0.2) is 0 Å². The Morgan fingerprint density at radius 1 is 1.04 bits per heavy atom. The summed E-state index contributed by atoms with van der Waals surface area (Å²) in [6, 6.07) is 8.13. The smallest absolute Gasteiger partial charge is 0.266 e. The summed E-state index contributed by atoms with van der Waals surface area (Å²) in [5.74, 6) is 0.362. The molecule has 0 saturated heterocycles. The molecule has 0 aromatic heterocycles. The van der Waals surface area contributed by atoms with Gasteiger partial charge in [-0.1, -0.05) is 37.8 Å². The average molecular weight is 377 g/mol. The molecule has 1 aromatic rings. The van der Waals surface area contributed by atoms with Crippen molar-refractivity contribution in [3.63, 3.8) is 0 Å². The van der Waals surface area contributed by atoms with Crippen molar-refractivity contribution in [3.05, 3.63) is 24.3 Å². The number of fused-ring (bicyclic) bond motifs is 1. The summed E-state index contributed by atoms with van der Waals surface area (Å²) >= 11 is 0. The molecule has 3 aliphatic rings. The first-order chi connectivity index (χ1) is 12.5. The van der Waals surface area contributed by atoms with Crippen LogP contribution in [0, 0.1) is 0 Å². The van der Waals surface area contributed by atoms with Crippen LogP contribution in [0.5, 0.6) is 0 Å². The molecule has 2 atom stereocenters. The molecule has 0 unspecified atom stereocenters. The lowest BCUT2D eigenvalue weighted by Gasteiger charge is -2.39. The van der Waals surface area contributed by atoms with E-state index in [1.165, 1.54) is 32.1 Å². The van der Waals surface area contributed by atoms with Gasteiger partial charge in [0.1, 0.15) is 4.90 Å². The third-order valence-electron chi connectivity index (χ3n) is 6.07. The van der Waals surface area contributed by atoms with Crippen molar-refractivity contribution < 1.29 is 8.42 Å². The Labute approximate surface area is 156 Å². The van der Waals surface area contributed by atoms with Crippen molar-refractivity contribution in [1.82, 2.24) is 9.62 Å². The highest BCUT2D eigenvalue weighted by molar-refractivity contribution is 7.90. The van der Waals surface area contributed by atoms with E-state index in [0.29, 0.717) is 23.7 Å². The fraction of sp³-hybridized carbons (Fsp3) is 0.632. The number of guanidine groups is 1. The lowest BCUT2D eigenvalue weighted by Crippen LogP contribution is -2.49. The van der Waals surface area contributed by atoms with Crippen LogP contribution in [0.3, 0.4) is 0 Å². The van der Waals surface area contributed by atoms with Crippen LogP contribution in [0.1, 0.15) is 51.4 Å². The maximum atomic E-state index is 12.5. The number of hydrogen-bond acceptors (Lipinski definition) is 4. The summed E-state index contributed by atoms with van der Waals surface area (Å²) in [6.07, 6.45) is 9.71. The fourth-order valence-corrected chi connectivity index (χ4v) is 5.80. The van der Waals surface area contributed by atoms with E-state index in [2.05, 4.69) is 22.0 Å². The number of aliphatic imine (C=N–C) groups is 1. The summed E-state index contributed by atoms with van der Waals surface area (Å²) in [4.78, 5) is 7.64. The van der Waals surface area contributed by atoms with Crippen LogP contribution in [0.25, 0.3) is 0 Å².